The Labute approximate surface area is 69.3 Å². The zero-order valence-electron chi connectivity index (χ0n) is 6.56. The van der Waals surface area contributed by atoms with Gasteiger partial charge >= 0.3 is 0 Å². The fourth-order valence-electron chi connectivity index (χ4n) is 0.903. The maximum Gasteiger partial charge on any atom is 0.277 e. The van der Waals surface area contributed by atoms with Crippen LogP contribution in [0.3, 0.4) is 0 Å². The highest BCUT2D eigenvalue weighted by atomic mass is 19.3. The first-order valence-corrected chi connectivity index (χ1v) is 3.69. The molecule has 0 aromatic heterocycles. The van der Waals surface area contributed by atoms with Gasteiger partial charge in [-0.15, -0.1) is 0 Å². The summed E-state index contributed by atoms with van der Waals surface area (Å²) in [6.45, 7) is 1.95. The highest BCUT2D eigenvalue weighted by Crippen LogP contribution is 2.02. The molecular formula is C7H11F2N3. The van der Waals surface area contributed by atoms with E-state index in [1.807, 2.05) is 0 Å². The lowest BCUT2D eigenvalue weighted by Crippen LogP contribution is -2.30. The molecule has 0 fully saturated rings. The number of nitrogens with two attached hydrogens (primary N) is 1. The van der Waals surface area contributed by atoms with Crippen LogP contribution in [0.15, 0.2) is 16.8 Å². The van der Waals surface area contributed by atoms with Gasteiger partial charge in [-0.1, -0.05) is 0 Å². The van der Waals surface area contributed by atoms with E-state index in [-0.39, 0.29) is 0 Å². The Morgan fingerprint density at radius 3 is 2.92 bits per heavy atom. The molecule has 1 rings (SSSR count). The van der Waals surface area contributed by atoms with Gasteiger partial charge in [-0.25, -0.2) is 8.78 Å². The van der Waals surface area contributed by atoms with Crippen LogP contribution in [0, 0.1) is 0 Å². The molecule has 0 aliphatic carbocycles. The lowest BCUT2D eigenvalue weighted by molar-refractivity contribution is 0.188. The predicted octanol–water partition coefficient (Wildman–Crippen LogP) is 0.138. The number of nitrogens with one attached hydrogen (secondary N) is 1. The Hall–Kier alpha value is -0.970. The largest absolute Gasteiger partial charge is 0.397 e. The minimum absolute atomic E-state index is 0.419. The molecule has 68 valence electrons. The van der Waals surface area contributed by atoms with E-state index in [0.717, 1.165) is 6.54 Å². The topological polar surface area (TPSA) is 50.4 Å². The number of aliphatic imine (C=N–C) groups is 1. The SMILES string of the molecule is N/C(=C\C1=NCCNC1)C(F)F. The Balaban J connectivity index is 2.58. The molecule has 0 spiro atoms. The predicted molar refractivity (Wildman–Crippen MR) is 43.4 cm³/mol. The van der Waals surface area contributed by atoms with E-state index in [0.29, 0.717) is 18.8 Å². The average molecular weight is 175 g/mol. The summed E-state index contributed by atoms with van der Waals surface area (Å²) < 4.78 is 23.8. The minimum atomic E-state index is -2.59. The summed E-state index contributed by atoms with van der Waals surface area (Å²) in [4.78, 5) is 4.02. The molecule has 0 saturated heterocycles. The first-order chi connectivity index (χ1) is 5.70. The van der Waals surface area contributed by atoms with Gasteiger partial charge in [-0.2, -0.15) is 0 Å². The zero-order chi connectivity index (χ0) is 8.97. The summed E-state index contributed by atoms with van der Waals surface area (Å²) in [6, 6.07) is 0. The van der Waals surface area contributed by atoms with Gasteiger partial charge in [0.15, 0.2) is 0 Å². The molecule has 3 N–H and O–H groups in total. The lowest BCUT2D eigenvalue weighted by atomic mass is 10.2. The van der Waals surface area contributed by atoms with Crippen LogP contribution in [0.25, 0.3) is 0 Å². The molecule has 1 aliphatic heterocycles. The molecule has 0 unspecified atom stereocenters. The molecule has 3 nitrogen and oxygen atoms in total. The van der Waals surface area contributed by atoms with Crippen molar-refractivity contribution in [2.75, 3.05) is 19.6 Å². The molecule has 0 saturated carbocycles. The maximum atomic E-state index is 11.9. The van der Waals surface area contributed by atoms with Gasteiger partial charge in [0.1, 0.15) is 0 Å². The van der Waals surface area contributed by atoms with Gasteiger partial charge in [0.2, 0.25) is 0 Å². The quantitative estimate of drug-likeness (QED) is 0.627. The van der Waals surface area contributed by atoms with Crippen LogP contribution >= 0.6 is 0 Å². The second-order valence-corrected chi connectivity index (χ2v) is 2.49. The highest BCUT2D eigenvalue weighted by molar-refractivity contribution is 5.97. The zero-order valence-corrected chi connectivity index (χ0v) is 6.56. The fraction of sp³-hybridized carbons (Fsp3) is 0.571. The lowest BCUT2D eigenvalue weighted by Gasteiger charge is -2.10. The van der Waals surface area contributed by atoms with Crippen LogP contribution in [-0.2, 0) is 0 Å². The first kappa shape index (κ1) is 9.12. The summed E-state index contributed by atoms with van der Waals surface area (Å²) in [5, 5.41) is 3.00. The van der Waals surface area contributed by atoms with Crippen molar-refractivity contribution in [3.05, 3.63) is 11.8 Å². The van der Waals surface area contributed by atoms with Crippen molar-refractivity contribution in [3.63, 3.8) is 0 Å². The van der Waals surface area contributed by atoms with Crippen molar-refractivity contribution >= 4 is 5.71 Å². The van der Waals surface area contributed by atoms with E-state index >= 15 is 0 Å². The summed E-state index contributed by atoms with van der Waals surface area (Å²) >= 11 is 0. The molecule has 0 aromatic carbocycles. The van der Waals surface area contributed by atoms with Crippen LogP contribution in [0.4, 0.5) is 8.78 Å². The van der Waals surface area contributed by atoms with E-state index in [2.05, 4.69) is 10.3 Å². The monoisotopic (exact) mass is 175 g/mol. The van der Waals surface area contributed by atoms with Crippen LogP contribution in [-0.4, -0.2) is 31.8 Å². The summed E-state index contributed by atoms with van der Waals surface area (Å²) in [6.07, 6.45) is -1.36. The minimum Gasteiger partial charge on any atom is -0.397 e. The maximum absolute atomic E-state index is 11.9. The van der Waals surface area contributed by atoms with Gasteiger partial charge in [-0.05, 0) is 6.08 Å². The second kappa shape index (κ2) is 4.15. The van der Waals surface area contributed by atoms with Crippen LogP contribution in [0.2, 0.25) is 0 Å². The number of allylic oxidation sites excluding steroid dienone is 1. The Bertz CT molecular complexity index is 211. The molecule has 0 aromatic rings. The number of hydrogen-bond donors (Lipinski definition) is 2. The third-order valence-corrected chi connectivity index (χ3v) is 1.49. The molecule has 0 radical (unpaired) electrons. The van der Waals surface area contributed by atoms with Crippen LogP contribution in [0.5, 0.6) is 0 Å². The van der Waals surface area contributed by atoms with E-state index in [9.17, 15) is 8.78 Å². The Morgan fingerprint density at radius 1 is 1.67 bits per heavy atom. The van der Waals surface area contributed by atoms with Crippen molar-refractivity contribution in [3.8, 4) is 0 Å². The third-order valence-electron chi connectivity index (χ3n) is 1.49. The molecule has 1 heterocycles. The van der Waals surface area contributed by atoms with Crippen molar-refractivity contribution in [2.24, 2.45) is 10.7 Å². The molecule has 1 aliphatic rings. The van der Waals surface area contributed by atoms with Crippen LogP contribution < -0.4 is 11.1 Å². The van der Waals surface area contributed by atoms with Gasteiger partial charge in [0.05, 0.1) is 18.0 Å². The van der Waals surface area contributed by atoms with E-state index < -0.39 is 12.1 Å². The number of nitrogens with zero attached hydrogens (tertiary/aromatic N) is 1. The number of alkyl halides is 2. The van der Waals surface area contributed by atoms with Gasteiger partial charge in [0.25, 0.3) is 6.43 Å². The average Bonchev–Trinajstić information content (AvgIpc) is 2.06. The molecule has 0 amide bonds. The highest BCUT2D eigenvalue weighted by Gasteiger charge is 2.08. The van der Waals surface area contributed by atoms with Gasteiger partial charge in [0, 0.05) is 13.1 Å². The molecule has 0 atom stereocenters. The third kappa shape index (κ3) is 2.58. The summed E-state index contributed by atoms with van der Waals surface area (Å²) in [5.41, 5.74) is 5.23. The molecule has 5 heteroatoms. The Morgan fingerprint density at radius 2 is 2.42 bits per heavy atom. The smallest absolute Gasteiger partial charge is 0.277 e. The normalized spacial score (nSPS) is 19.6. The number of halogens is 2. The van der Waals surface area contributed by atoms with E-state index in [1.165, 1.54) is 6.08 Å². The summed E-state index contributed by atoms with van der Waals surface area (Å²) in [7, 11) is 0. The van der Waals surface area contributed by atoms with Crippen LogP contribution in [0.1, 0.15) is 0 Å². The number of rotatable bonds is 2. The summed E-state index contributed by atoms with van der Waals surface area (Å²) in [5.74, 6) is 0. The molecule has 12 heavy (non-hydrogen) atoms. The van der Waals surface area contributed by atoms with Gasteiger partial charge in [-0.3, -0.25) is 4.99 Å². The Kier molecular flexibility index (Phi) is 3.16. The standard InChI is InChI=1S/C7H11F2N3/c8-7(9)6(10)3-5-4-11-1-2-12-5/h3,7,11H,1-2,4,10H2/b6-3-. The molecule has 0 bridgehead atoms. The number of hydrogen-bond acceptors (Lipinski definition) is 3. The van der Waals surface area contributed by atoms with Gasteiger partial charge < -0.3 is 11.1 Å². The van der Waals surface area contributed by atoms with Crippen molar-refractivity contribution in [1.82, 2.24) is 5.32 Å². The fourth-order valence-corrected chi connectivity index (χ4v) is 0.903. The second-order valence-electron chi connectivity index (χ2n) is 2.49. The van der Waals surface area contributed by atoms with E-state index in [1.54, 1.807) is 0 Å². The molecular weight excluding hydrogens is 164 g/mol. The van der Waals surface area contributed by atoms with Crippen molar-refractivity contribution < 1.29 is 8.78 Å². The van der Waals surface area contributed by atoms with Crippen molar-refractivity contribution in [1.29, 1.82) is 0 Å². The van der Waals surface area contributed by atoms with E-state index in [4.69, 9.17) is 5.73 Å². The first-order valence-electron chi connectivity index (χ1n) is 3.69. The van der Waals surface area contributed by atoms with Crippen molar-refractivity contribution in [2.45, 2.75) is 6.43 Å².